The minimum Gasteiger partial charge on any atom is -0.354 e. The van der Waals surface area contributed by atoms with Gasteiger partial charge in [0.25, 0.3) is 0 Å². The van der Waals surface area contributed by atoms with Crippen molar-refractivity contribution in [3.8, 4) is 0 Å². The zero-order valence-electron chi connectivity index (χ0n) is 10.9. The van der Waals surface area contributed by atoms with Gasteiger partial charge in [-0.2, -0.15) is 0 Å². The summed E-state index contributed by atoms with van der Waals surface area (Å²) in [5.74, 6) is 0.0517. The van der Waals surface area contributed by atoms with E-state index in [1.807, 2.05) is 25.1 Å². The molecular weight excluding hydrogens is 212 g/mol. The average molecular weight is 234 g/mol. The number of carbonyl (C=O) groups is 1. The van der Waals surface area contributed by atoms with Gasteiger partial charge in [-0.25, -0.2) is 0 Å². The van der Waals surface area contributed by atoms with Crippen LogP contribution in [0.4, 0.5) is 0 Å². The van der Waals surface area contributed by atoms with Gasteiger partial charge in [0.1, 0.15) is 0 Å². The van der Waals surface area contributed by atoms with Gasteiger partial charge >= 0.3 is 0 Å². The molecule has 94 valence electrons. The van der Waals surface area contributed by atoms with Crippen LogP contribution in [-0.4, -0.2) is 25.5 Å². The van der Waals surface area contributed by atoms with E-state index in [4.69, 9.17) is 0 Å². The lowest BCUT2D eigenvalue weighted by molar-refractivity contribution is -0.120. The summed E-state index contributed by atoms with van der Waals surface area (Å²) in [4.78, 5) is 11.5. The molecule has 0 saturated carbocycles. The van der Waals surface area contributed by atoms with E-state index in [0.717, 1.165) is 6.54 Å². The molecule has 17 heavy (non-hydrogen) atoms. The molecule has 3 heteroatoms. The van der Waals surface area contributed by atoms with Crippen molar-refractivity contribution in [3.63, 3.8) is 0 Å². The molecule has 1 aromatic rings. The number of benzene rings is 1. The van der Waals surface area contributed by atoms with E-state index < -0.39 is 0 Å². The van der Waals surface area contributed by atoms with Gasteiger partial charge in [0, 0.05) is 12.0 Å². The van der Waals surface area contributed by atoms with Crippen molar-refractivity contribution >= 4 is 5.91 Å². The van der Waals surface area contributed by atoms with Gasteiger partial charge in [0.2, 0.25) is 5.91 Å². The second-order valence-electron chi connectivity index (χ2n) is 4.81. The molecular formula is C14H22N2O. The number of amides is 1. The molecule has 0 atom stereocenters. The molecule has 1 rings (SSSR count). The number of nitrogens with one attached hydrogen (secondary N) is 2. The van der Waals surface area contributed by atoms with E-state index in [1.165, 1.54) is 5.56 Å². The Morgan fingerprint density at radius 3 is 2.47 bits per heavy atom. The van der Waals surface area contributed by atoms with E-state index in [-0.39, 0.29) is 11.3 Å². The summed E-state index contributed by atoms with van der Waals surface area (Å²) in [5.41, 5.74) is 1.20. The summed E-state index contributed by atoms with van der Waals surface area (Å²) in [5, 5.41) is 5.97. The van der Waals surface area contributed by atoms with Crippen molar-refractivity contribution in [1.82, 2.24) is 10.6 Å². The monoisotopic (exact) mass is 234 g/mol. The molecule has 0 aliphatic rings. The predicted octanol–water partition coefficient (Wildman–Crippen LogP) is 1.69. The maximum Gasteiger partial charge on any atom is 0.233 e. The van der Waals surface area contributed by atoms with Crippen molar-refractivity contribution in [2.75, 3.05) is 19.6 Å². The average Bonchev–Trinajstić information content (AvgIpc) is 2.35. The van der Waals surface area contributed by atoms with Crippen molar-refractivity contribution in [2.24, 2.45) is 0 Å². The van der Waals surface area contributed by atoms with Crippen molar-refractivity contribution in [3.05, 3.63) is 35.9 Å². The Labute approximate surface area is 104 Å². The first kappa shape index (κ1) is 13.7. The normalized spacial score (nSPS) is 11.2. The highest BCUT2D eigenvalue weighted by Gasteiger charge is 2.20. The molecule has 0 aliphatic carbocycles. The second-order valence-corrected chi connectivity index (χ2v) is 4.81. The molecule has 0 heterocycles. The topological polar surface area (TPSA) is 41.1 Å². The first-order chi connectivity index (χ1) is 8.06. The lowest BCUT2D eigenvalue weighted by atomic mass is 9.84. The molecule has 0 radical (unpaired) electrons. The fourth-order valence-electron chi connectivity index (χ4n) is 1.61. The molecule has 3 nitrogen and oxygen atoms in total. The predicted molar refractivity (Wildman–Crippen MR) is 71.0 cm³/mol. The lowest BCUT2D eigenvalue weighted by Gasteiger charge is -2.25. The molecule has 0 spiro atoms. The summed E-state index contributed by atoms with van der Waals surface area (Å²) in [6, 6.07) is 10.2. The Morgan fingerprint density at radius 2 is 1.88 bits per heavy atom. The van der Waals surface area contributed by atoms with Crippen LogP contribution in [0.15, 0.2) is 30.3 Å². The second kappa shape index (κ2) is 6.40. The molecule has 0 unspecified atom stereocenters. The summed E-state index contributed by atoms with van der Waals surface area (Å²) in [7, 11) is 0. The maximum atomic E-state index is 11.5. The van der Waals surface area contributed by atoms with Crippen LogP contribution in [0, 0.1) is 0 Å². The smallest absolute Gasteiger partial charge is 0.233 e. The number of carbonyl (C=O) groups excluding carboxylic acids is 1. The van der Waals surface area contributed by atoms with Gasteiger partial charge in [-0.1, -0.05) is 51.1 Å². The largest absolute Gasteiger partial charge is 0.354 e. The Morgan fingerprint density at radius 1 is 1.24 bits per heavy atom. The minimum atomic E-state index is -0.0386. The van der Waals surface area contributed by atoms with E-state index in [1.54, 1.807) is 0 Å². The summed E-state index contributed by atoms with van der Waals surface area (Å²) >= 11 is 0. The lowest BCUT2D eigenvalue weighted by Crippen LogP contribution is -2.40. The SMILES string of the molecule is CCNCC(=O)NCC(C)(C)c1ccccc1. The number of rotatable bonds is 6. The van der Waals surface area contributed by atoms with Crippen LogP contribution in [0.1, 0.15) is 26.3 Å². The first-order valence-corrected chi connectivity index (χ1v) is 6.09. The molecule has 0 saturated heterocycles. The molecule has 0 fully saturated rings. The van der Waals surface area contributed by atoms with Crippen molar-refractivity contribution in [2.45, 2.75) is 26.2 Å². The van der Waals surface area contributed by atoms with Crippen molar-refractivity contribution < 1.29 is 4.79 Å². The first-order valence-electron chi connectivity index (χ1n) is 6.09. The zero-order chi connectivity index (χ0) is 12.7. The highest BCUT2D eigenvalue weighted by molar-refractivity contribution is 5.78. The van der Waals surface area contributed by atoms with Crippen LogP contribution in [0.2, 0.25) is 0 Å². The number of hydrogen-bond donors (Lipinski definition) is 2. The maximum absolute atomic E-state index is 11.5. The summed E-state index contributed by atoms with van der Waals surface area (Å²) in [6.45, 7) is 8.12. The number of likely N-dealkylation sites (N-methyl/N-ethyl adjacent to an activating group) is 1. The van der Waals surface area contributed by atoms with E-state index in [9.17, 15) is 4.79 Å². The standard InChI is InChI=1S/C14H22N2O/c1-4-15-10-13(17)16-11-14(2,3)12-8-6-5-7-9-12/h5-9,15H,4,10-11H2,1-3H3,(H,16,17). The fraction of sp³-hybridized carbons (Fsp3) is 0.500. The van der Waals surface area contributed by atoms with Crippen LogP contribution >= 0.6 is 0 Å². The Hall–Kier alpha value is -1.35. The van der Waals surface area contributed by atoms with E-state index in [0.29, 0.717) is 13.1 Å². The molecule has 0 aliphatic heterocycles. The van der Waals surface area contributed by atoms with Gasteiger partial charge in [-0.05, 0) is 12.1 Å². The van der Waals surface area contributed by atoms with Gasteiger partial charge in [0.05, 0.1) is 6.54 Å². The van der Waals surface area contributed by atoms with Gasteiger partial charge in [0.15, 0.2) is 0 Å². The van der Waals surface area contributed by atoms with Gasteiger partial charge in [-0.3, -0.25) is 4.79 Å². The highest BCUT2D eigenvalue weighted by atomic mass is 16.1. The van der Waals surface area contributed by atoms with Crippen molar-refractivity contribution in [1.29, 1.82) is 0 Å². The third kappa shape index (κ3) is 4.57. The number of hydrogen-bond acceptors (Lipinski definition) is 2. The van der Waals surface area contributed by atoms with Crippen LogP contribution in [-0.2, 0) is 10.2 Å². The zero-order valence-corrected chi connectivity index (χ0v) is 10.9. The molecule has 2 N–H and O–H groups in total. The quantitative estimate of drug-likeness (QED) is 0.786. The van der Waals surface area contributed by atoms with E-state index in [2.05, 4.69) is 36.6 Å². The molecule has 0 aromatic heterocycles. The Balaban J connectivity index is 2.48. The Kier molecular flexibility index (Phi) is 5.16. The molecule has 0 bridgehead atoms. The van der Waals surface area contributed by atoms with Crippen LogP contribution in [0.5, 0.6) is 0 Å². The fourth-order valence-corrected chi connectivity index (χ4v) is 1.61. The van der Waals surface area contributed by atoms with E-state index >= 15 is 0 Å². The van der Waals surface area contributed by atoms with Gasteiger partial charge in [-0.15, -0.1) is 0 Å². The summed E-state index contributed by atoms with van der Waals surface area (Å²) in [6.07, 6.45) is 0. The molecule has 1 amide bonds. The van der Waals surface area contributed by atoms with Crippen LogP contribution in [0.25, 0.3) is 0 Å². The van der Waals surface area contributed by atoms with Crippen LogP contribution < -0.4 is 10.6 Å². The third-order valence-electron chi connectivity index (χ3n) is 2.82. The summed E-state index contributed by atoms with van der Waals surface area (Å²) < 4.78 is 0. The van der Waals surface area contributed by atoms with Crippen LogP contribution in [0.3, 0.4) is 0 Å². The van der Waals surface area contributed by atoms with Gasteiger partial charge < -0.3 is 10.6 Å². The Bertz CT molecular complexity index is 346. The third-order valence-corrected chi connectivity index (χ3v) is 2.82. The molecule has 1 aromatic carbocycles. The minimum absolute atomic E-state index is 0.0386. The highest BCUT2D eigenvalue weighted by Crippen LogP contribution is 2.21.